The van der Waals surface area contributed by atoms with Gasteiger partial charge in [-0.3, -0.25) is 4.79 Å². The minimum absolute atomic E-state index is 0.0361. The molecule has 2 rings (SSSR count). The first-order valence-corrected chi connectivity index (χ1v) is 4.72. The van der Waals surface area contributed by atoms with E-state index in [-0.39, 0.29) is 22.5 Å². The molecule has 0 unspecified atom stereocenters. The summed E-state index contributed by atoms with van der Waals surface area (Å²) in [4.78, 5) is 11.8. The topological polar surface area (TPSA) is 49.7 Å². The summed E-state index contributed by atoms with van der Waals surface area (Å²) < 4.78 is 0. The molecule has 0 heterocycles. The third-order valence-electron chi connectivity index (χ3n) is 4.40. The lowest BCUT2D eigenvalue weighted by Gasteiger charge is -2.31. The van der Waals surface area contributed by atoms with Gasteiger partial charge in [-0.2, -0.15) is 0 Å². The van der Waals surface area contributed by atoms with Gasteiger partial charge in [0.2, 0.25) is 0 Å². The van der Waals surface area contributed by atoms with Crippen LogP contribution < -0.4 is 0 Å². The Morgan fingerprint density at radius 1 is 1.46 bits per heavy atom. The van der Waals surface area contributed by atoms with Crippen LogP contribution in [0.3, 0.4) is 0 Å². The van der Waals surface area contributed by atoms with Crippen LogP contribution in [0.5, 0.6) is 0 Å². The number of hydrogen-bond acceptors (Lipinski definition) is 3. The summed E-state index contributed by atoms with van der Waals surface area (Å²) >= 11 is 0. The van der Waals surface area contributed by atoms with E-state index in [0.717, 1.165) is 12.8 Å². The zero-order valence-corrected chi connectivity index (χ0v) is 8.29. The number of rotatable bonds is 0. The highest BCUT2D eigenvalue weighted by Gasteiger charge is 2.65. The summed E-state index contributed by atoms with van der Waals surface area (Å²) in [6.45, 7) is 6.19. The van der Waals surface area contributed by atoms with Crippen LogP contribution in [0.4, 0.5) is 0 Å². The molecule has 3 nitrogen and oxygen atoms in total. The Morgan fingerprint density at radius 2 is 2.08 bits per heavy atom. The largest absolute Gasteiger partial charge is 0.411 e. The Labute approximate surface area is 77.8 Å². The third-order valence-corrected chi connectivity index (χ3v) is 4.40. The normalized spacial score (nSPS) is 44.7. The smallest absolute Gasteiger partial charge is 0.187 e. The van der Waals surface area contributed by atoms with Crippen LogP contribution in [0.25, 0.3) is 0 Å². The second kappa shape index (κ2) is 2.14. The Hall–Kier alpha value is -0.860. The van der Waals surface area contributed by atoms with Crippen molar-refractivity contribution in [3.63, 3.8) is 0 Å². The van der Waals surface area contributed by atoms with Gasteiger partial charge >= 0.3 is 0 Å². The maximum absolute atomic E-state index is 11.8. The van der Waals surface area contributed by atoms with Gasteiger partial charge in [0, 0.05) is 11.3 Å². The minimum atomic E-state index is -0.292. The Bertz CT molecular complexity index is 306. The van der Waals surface area contributed by atoms with E-state index in [9.17, 15) is 4.79 Å². The second-order valence-corrected chi connectivity index (χ2v) is 4.96. The molecule has 2 saturated carbocycles. The molecule has 0 aliphatic heterocycles. The molecule has 2 aliphatic carbocycles. The first-order valence-electron chi connectivity index (χ1n) is 4.72. The van der Waals surface area contributed by atoms with Crippen molar-refractivity contribution >= 4 is 11.5 Å². The molecule has 0 spiro atoms. The molecule has 2 aliphatic rings. The fourth-order valence-corrected chi connectivity index (χ4v) is 2.94. The van der Waals surface area contributed by atoms with Gasteiger partial charge in [0.25, 0.3) is 0 Å². The molecule has 3 heteroatoms. The number of oxime groups is 1. The lowest BCUT2D eigenvalue weighted by atomic mass is 9.70. The number of Topliss-reactive ketones (excluding diaryl/α,β-unsaturated/α-hetero) is 1. The third kappa shape index (κ3) is 0.713. The van der Waals surface area contributed by atoms with Gasteiger partial charge in [-0.1, -0.05) is 25.9 Å². The van der Waals surface area contributed by atoms with Crippen molar-refractivity contribution in [3.05, 3.63) is 0 Å². The Kier molecular flexibility index (Phi) is 1.44. The van der Waals surface area contributed by atoms with Gasteiger partial charge in [0.1, 0.15) is 5.71 Å². The molecule has 1 N–H and O–H groups in total. The molecule has 2 atom stereocenters. The molecular formula is C10H15NO2. The number of nitrogens with zero attached hydrogens (tertiary/aromatic N) is 1. The maximum Gasteiger partial charge on any atom is 0.187 e. The molecule has 0 saturated heterocycles. The number of ketones is 1. The van der Waals surface area contributed by atoms with Crippen LogP contribution in [-0.2, 0) is 4.79 Å². The Balaban J connectivity index is 2.57. The summed E-state index contributed by atoms with van der Waals surface area (Å²) in [7, 11) is 0. The number of hydrogen-bond donors (Lipinski definition) is 1. The predicted octanol–water partition coefficient (Wildman–Crippen LogP) is 1.84. The molecule has 2 bridgehead atoms. The summed E-state index contributed by atoms with van der Waals surface area (Å²) in [5.41, 5.74) is 0.0731. The van der Waals surface area contributed by atoms with Crippen molar-refractivity contribution in [1.29, 1.82) is 0 Å². The van der Waals surface area contributed by atoms with Gasteiger partial charge in [0.15, 0.2) is 5.78 Å². The van der Waals surface area contributed by atoms with E-state index < -0.39 is 0 Å². The maximum atomic E-state index is 11.8. The van der Waals surface area contributed by atoms with Crippen molar-refractivity contribution in [2.24, 2.45) is 21.9 Å². The Morgan fingerprint density at radius 3 is 2.38 bits per heavy atom. The lowest BCUT2D eigenvalue weighted by molar-refractivity contribution is -0.123. The summed E-state index contributed by atoms with van der Waals surface area (Å²) in [5.74, 6) is 0.214. The molecule has 0 radical (unpaired) electrons. The molecule has 72 valence electrons. The van der Waals surface area contributed by atoms with Crippen LogP contribution in [0, 0.1) is 16.7 Å². The average Bonchev–Trinajstić information content (AvgIpc) is 2.36. The van der Waals surface area contributed by atoms with E-state index >= 15 is 0 Å². The fraction of sp³-hybridized carbons (Fsp3) is 0.800. The zero-order chi connectivity index (χ0) is 9.85. The molecule has 0 amide bonds. The highest BCUT2D eigenvalue weighted by molar-refractivity contribution is 6.45. The summed E-state index contributed by atoms with van der Waals surface area (Å²) in [6, 6.07) is 0. The van der Waals surface area contributed by atoms with Crippen molar-refractivity contribution < 1.29 is 10.0 Å². The molecule has 0 aromatic rings. The van der Waals surface area contributed by atoms with E-state index in [2.05, 4.69) is 19.0 Å². The van der Waals surface area contributed by atoms with Gasteiger partial charge < -0.3 is 5.21 Å². The number of carbonyl (C=O) groups is 1. The standard InChI is InChI=1S/C10H15NO2/c1-9(2)6-4-5-10(9,3)8(12)7(6)11-13/h6,13H,4-5H2,1-3H3/b11-7+/t6-,10+/m0/s1. The zero-order valence-electron chi connectivity index (χ0n) is 8.29. The first-order chi connectivity index (χ1) is 5.95. The molecule has 13 heavy (non-hydrogen) atoms. The van der Waals surface area contributed by atoms with Gasteiger partial charge in [-0.25, -0.2) is 0 Å². The highest BCUT2D eigenvalue weighted by atomic mass is 16.4. The summed E-state index contributed by atoms with van der Waals surface area (Å²) in [5, 5.41) is 11.9. The average molecular weight is 181 g/mol. The quantitative estimate of drug-likeness (QED) is 0.458. The lowest BCUT2D eigenvalue weighted by Crippen LogP contribution is -2.33. The van der Waals surface area contributed by atoms with E-state index in [1.165, 1.54) is 0 Å². The summed E-state index contributed by atoms with van der Waals surface area (Å²) in [6.07, 6.45) is 1.91. The molecule has 0 aromatic carbocycles. The van der Waals surface area contributed by atoms with Gasteiger partial charge in [0.05, 0.1) is 0 Å². The van der Waals surface area contributed by atoms with E-state index in [1.807, 2.05) is 6.92 Å². The van der Waals surface area contributed by atoms with Crippen molar-refractivity contribution in [1.82, 2.24) is 0 Å². The van der Waals surface area contributed by atoms with E-state index in [1.54, 1.807) is 0 Å². The van der Waals surface area contributed by atoms with E-state index in [0.29, 0.717) is 5.71 Å². The SMILES string of the molecule is CC1(C)[C@H]2CC[C@]1(C)C(=O)/C2=N/O. The van der Waals surface area contributed by atoms with Crippen molar-refractivity contribution in [3.8, 4) is 0 Å². The number of carbonyl (C=O) groups excluding carboxylic acids is 1. The van der Waals surface area contributed by atoms with Crippen LogP contribution in [-0.4, -0.2) is 16.7 Å². The fourth-order valence-electron chi connectivity index (χ4n) is 2.94. The van der Waals surface area contributed by atoms with Crippen LogP contribution >= 0.6 is 0 Å². The second-order valence-electron chi connectivity index (χ2n) is 4.96. The van der Waals surface area contributed by atoms with Crippen molar-refractivity contribution in [2.75, 3.05) is 0 Å². The molecular weight excluding hydrogens is 166 g/mol. The van der Waals surface area contributed by atoms with Crippen molar-refractivity contribution in [2.45, 2.75) is 33.6 Å². The van der Waals surface area contributed by atoms with Gasteiger partial charge in [-0.15, -0.1) is 0 Å². The van der Waals surface area contributed by atoms with Crippen LogP contribution in [0.1, 0.15) is 33.6 Å². The number of fused-ring (bicyclic) bond motifs is 2. The van der Waals surface area contributed by atoms with E-state index in [4.69, 9.17) is 5.21 Å². The van der Waals surface area contributed by atoms with Crippen LogP contribution in [0.15, 0.2) is 5.16 Å². The monoisotopic (exact) mass is 181 g/mol. The molecule has 0 aromatic heterocycles. The molecule has 2 fully saturated rings. The predicted molar refractivity (Wildman–Crippen MR) is 48.8 cm³/mol. The van der Waals surface area contributed by atoms with Gasteiger partial charge in [-0.05, 0) is 18.3 Å². The first kappa shape index (κ1) is 8.73. The minimum Gasteiger partial charge on any atom is -0.411 e. The van der Waals surface area contributed by atoms with Crippen LogP contribution in [0.2, 0.25) is 0 Å². The highest BCUT2D eigenvalue weighted by Crippen LogP contribution is 2.62.